The Bertz CT molecular complexity index is 933. The smallest absolute Gasteiger partial charge is 0.289 e. The topological polar surface area (TPSA) is 45.5 Å². The number of likely N-dealkylation sites (tertiary alicyclic amines) is 1. The average Bonchev–Trinajstić information content (AvgIpc) is 3.09. The lowest BCUT2D eigenvalue weighted by Crippen LogP contribution is -2.45. The van der Waals surface area contributed by atoms with E-state index in [-0.39, 0.29) is 17.8 Å². The Labute approximate surface area is 151 Å². The Morgan fingerprint density at radius 3 is 2.81 bits per heavy atom. The lowest BCUT2D eigenvalue weighted by Gasteiger charge is -2.33. The van der Waals surface area contributed by atoms with E-state index in [1.165, 1.54) is 12.1 Å². The van der Waals surface area contributed by atoms with Gasteiger partial charge in [-0.3, -0.25) is 4.79 Å². The molecule has 26 heavy (non-hydrogen) atoms. The standard InChI is InChI=1S/C21H21FN2O2/c1-14-4-2-5-15-12-19(26-20(14)15)21(25)24-11-3-6-18(13-24)23-17-9-7-16(22)8-10-17/h2,4-5,7-10,12,18,23H,3,6,11,13H2,1H3/t18-/m0/s1. The lowest BCUT2D eigenvalue weighted by atomic mass is 10.0. The van der Waals surface area contributed by atoms with Crippen LogP contribution in [0.25, 0.3) is 11.0 Å². The van der Waals surface area contributed by atoms with Crippen molar-refractivity contribution in [3.05, 3.63) is 65.7 Å². The first kappa shape index (κ1) is 16.6. The van der Waals surface area contributed by atoms with Gasteiger partial charge in [0.1, 0.15) is 11.4 Å². The Kier molecular flexibility index (Phi) is 4.37. The van der Waals surface area contributed by atoms with Gasteiger partial charge in [0.2, 0.25) is 0 Å². The molecule has 1 aromatic heterocycles. The number of hydrogen-bond acceptors (Lipinski definition) is 3. The monoisotopic (exact) mass is 352 g/mol. The normalized spacial score (nSPS) is 17.5. The van der Waals surface area contributed by atoms with Gasteiger partial charge in [0, 0.05) is 30.2 Å². The molecule has 1 N–H and O–H groups in total. The Balaban J connectivity index is 1.48. The summed E-state index contributed by atoms with van der Waals surface area (Å²) in [5.41, 5.74) is 2.66. The van der Waals surface area contributed by atoms with Crippen LogP contribution in [0, 0.1) is 12.7 Å². The van der Waals surface area contributed by atoms with Crippen LogP contribution >= 0.6 is 0 Å². The number of anilines is 1. The molecule has 5 heteroatoms. The number of amides is 1. The van der Waals surface area contributed by atoms with Crippen molar-refractivity contribution >= 4 is 22.6 Å². The Morgan fingerprint density at radius 2 is 2.04 bits per heavy atom. The molecule has 1 saturated heterocycles. The molecule has 0 radical (unpaired) electrons. The van der Waals surface area contributed by atoms with Gasteiger partial charge in [-0.05, 0) is 55.7 Å². The number of carbonyl (C=O) groups is 1. The number of benzene rings is 2. The van der Waals surface area contributed by atoms with Crippen LogP contribution in [0.4, 0.5) is 10.1 Å². The molecule has 3 aromatic rings. The van der Waals surface area contributed by atoms with Crippen molar-refractivity contribution in [2.24, 2.45) is 0 Å². The van der Waals surface area contributed by atoms with E-state index in [1.54, 1.807) is 12.1 Å². The van der Waals surface area contributed by atoms with Crippen molar-refractivity contribution in [1.82, 2.24) is 4.90 Å². The molecule has 0 saturated carbocycles. The van der Waals surface area contributed by atoms with Crippen LogP contribution in [0.15, 0.2) is 52.9 Å². The molecule has 4 rings (SSSR count). The second-order valence-corrected chi connectivity index (χ2v) is 6.85. The summed E-state index contributed by atoms with van der Waals surface area (Å²) in [7, 11) is 0. The molecular weight excluding hydrogens is 331 g/mol. The molecule has 0 unspecified atom stereocenters. The molecule has 1 aliphatic heterocycles. The maximum absolute atomic E-state index is 13.0. The highest BCUT2D eigenvalue weighted by atomic mass is 19.1. The van der Waals surface area contributed by atoms with Gasteiger partial charge < -0.3 is 14.6 Å². The van der Waals surface area contributed by atoms with Crippen LogP contribution in [0.5, 0.6) is 0 Å². The largest absolute Gasteiger partial charge is 0.451 e. The molecular formula is C21H21FN2O2. The number of fused-ring (bicyclic) bond motifs is 1. The van der Waals surface area contributed by atoms with Crippen molar-refractivity contribution < 1.29 is 13.6 Å². The summed E-state index contributed by atoms with van der Waals surface area (Å²) in [6.45, 7) is 3.30. The maximum atomic E-state index is 13.0. The van der Waals surface area contributed by atoms with Gasteiger partial charge in [-0.15, -0.1) is 0 Å². The molecule has 1 atom stereocenters. The first-order chi connectivity index (χ1) is 12.6. The van der Waals surface area contributed by atoms with E-state index in [1.807, 2.05) is 36.1 Å². The zero-order valence-corrected chi connectivity index (χ0v) is 14.7. The van der Waals surface area contributed by atoms with E-state index < -0.39 is 0 Å². The first-order valence-electron chi connectivity index (χ1n) is 8.91. The minimum absolute atomic E-state index is 0.0776. The van der Waals surface area contributed by atoms with E-state index >= 15 is 0 Å². The summed E-state index contributed by atoms with van der Waals surface area (Å²) < 4.78 is 18.9. The number of carbonyl (C=O) groups excluding carboxylic acids is 1. The maximum Gasteiger partial charge on any atom is 0.289 e. The zero-order chi connectivity index (χ0) is 18.1. The van der Waals surface area contributed by atoms with Crippen LogP contribution in [0.3, 0.4) is 0 Å². The molecule has 2 heterocycles. The molecule has 1 fully saturated rings. The number of piperidine rings is 1. The zero-order valence-electron chi connectivity index (χ0n) is 14.7. The number of para-hydroxylation sites is 1. The van der Waals surface area contributed by atoms with Gasteiger partial charge in [0.15, 0.2) is 5.76 Å². The van der Waals surface area contributed by atoms with Crippen molar-refractivity contribution in [3.63, 3.8) is 0 Å². The predicted octanol–water partition coefficient (Wildman–Crippen LogP) is 4.60. The number of hydrogen-bond donors (Lipinski definition) is 1. The van der Waals surface area contributed by atoms with Gasteiger partial charge >= 0.3 is 0 Å². The lowest BCUT2D eigenvalue weighted by molar-refractivity contribution is 0.0685. The van der Waals surface area contributed by atoms with Crippen molar-refractivity contribution in [3.8, 4) is 0 Å². The number of nitrogens with zero attached hydrogens (tertiary/aromatic N) is 1. The summed E-state index contributed by atoms with van der Waals surface area (Å²) in [5, 5.41) is 4.34. The van der Waals surface area contributed by atoms with Gasteiger partial charge in [-0.2, -0.15) is 0 Å². The minimum Gasteiger partial charge on any atom is -0.451 e. The number of rotatable bonds is 3. The predicted molar refractivity (Wildman–Crippen MR) is 99.9 cm³/mol. The Morgan fingerprint density at radius 1 is 1.23 bits per heavy atom. The summed E-state index contributed by atoms with van der Waals surface area (Å²) in [5.74, 6) is 0.0547. The van der Waals surface area contributed by atoms with Crippen LogP contribution in [0.1, 0.15) is 29.0 Å². The fourth-order valence-electron chi connectivity index (χ4n) is 3.53. The molecule has 134 valence electrons. The molecule has 0 bridgehead atoms. The SMILES string of the molecule is Cc1cccc2cc(C(=O)N3CCC[C@H](Nc4ccc(F)cc4)C3)oc12. The number of furan rings is 1. The van der Waals surface area contributed by atoms with E-state index in [0.29, 0.717) is 12.3 Å². The van der Waals surface area contributed by atoms with Gasteiger partial charge in [0.05, 0.1) is 0 Å². The summed E-state index contributed by atoms with van der Waals surface area (Å²) >= 11 is 0. The Hall–Kier alpha value is -2.82. The molecule has 1 aliphatic rings. The number of aryl methyl sites for hydroxylation is 1. The highest BCUT2D eigenvalue weighted by Crippen LogP contribution is 2.25. The van der Waals surface area contributed by atoms with Crippen LogP contribution < -0.4 is 5.32 Å². The molecule has 4 nitrogen and oxygen atoms in total. The average molecular weight is 352 g/mol. The fourth-order valence-corrected chi connectivity index (χ4v) is 3.53. The van der Waals surface area contributed by atoms with E-state index in [2.05, 4.69) is 5.32 Å². The number of nitrogens with one attached hydrogen (secondary N) is 1. The summed E-state index contributed by atoms with van der Waals surface area (Å²) in [6.07, 6.45) is 1.89. The minimum atomic E-state index is -0.254. The third-order valence-electron chi connectivity index (χ3n) is 4.88. The van der Waals surface area contributed by atoms with Crippen LogP contribution in [-0.4, -0.2) is 29.9 Å². The quantitative estimate of drug-likeness (QED) is 0.749. The summed E-state index contributed by atoms with van der Waals surface area (Å²) in [4.78, 5) is 14.7. The third kappa shape index (κ3) is 3.29. The third-order valence-corrected chi connectivity index (χ3v) is 4.88. The van der Waals surface area contributed by atoms with Crippen molar-refractivity contribution in [2.75, 3.05) is 18.4 Å². The van der Waals surface area contributed by atoms with Gasteiger partial charge in [-0.25, -0.2) is 4.39 Å². The first-order valence-corrected chi connectivity index (χ1v) is 8.91. The second-order valence-electron chi connectivity index (χ2n) is 6.85. The van der Waals surface area contributed by atoms with Crippen molar-refractivity contribution in [1.29, 1.82) is 0 Å². The number of halogens is 1. The van der Waals surface area contributed by atoms with Gasteiger partial charge in [0.25, 0.3) is 5.91 Å². The second kappa shape index (κ2) is 6.83. The fraction of sp³-hybridized carbons (Fsp3) is 0.286. The molecule has 2 aromatic carbocycles. The van der Waals surface area contributed by atoms with Crippen molar-refractivity contribution in [2.45, 2.75) is 25.8 Å². The van der Waals surface area contributed by atoms with Crippen LogP contribution in [-0.2, 0) is 0 Å². The summed E-state index contributed by atoms with van der Waals surface area (Å²) in [6, 6.07) is 14.2. The van der Waals surface area contributed by atoms with E-state index in [4.69, 9.17) is 4.42 Å². The highest BCUT2D eigenvalue weighted by Gasteiger charge is 2.26. The van der Waals surface area contributed by atoms with Gasteiger partial charge in [-0.1, -0.05) is 18.2 Å². The molecule has 0 spiro atoms. The highest BCUT2D eigenvalue weighted by molar-refractivity contribution is 5.96. The van der Waals surface area contributed by atoms with E-state index in [9.17, 15) is 9.18 Å². The van der Waals surface area contributed by atoms with E-state index in [0.717, 1.165) is 41.6 Å². The van der Waals surface area contributed by atoms with Crippen LogP contribution in [0.2, 0.25) is 0 Å². The molecule has 1 amide bonds. The molecule has 0 aliphatic carbocycles.